The number of anilines is 2. The van der Waals surface area contributed by atoms with E-state index in [4.69, 9.17) is 0 Å². The summed E-state index contributed by atoms with van der Waals surface area (Å²) in [6.45, 7) is 6.08. The van der Waals surface area contributed by atoms with Crippen molar-refractivity contribution in [2.45, 2.75) is 45.8 Å². The Balaban J connectivity index is 1.88. The molecule has 0 radical (unpaired) electrons. The summed E-state index contributed by atoms with van der Waals surface area (Å²) in [6.07, 6.45) is 2.08. The molecule has 0 atom stereocenters. The van der Waals surface area contributed by atoms with E-state index in [-0.39, 0.29) is 11.5 Å². The number of fused-ring (bicyclic) bond motifs is 1. The Morgan fingerprint density at radius 1 is 1.03 bits per heavy atom. The molecule has 158 valence electrons. The number of benzene rings is 2. The average Bonchev–Trinajstić information content (AvgIpc) is 2.63. The molecule has 8 heteroatoms. The minimum Gasteiger partial charge on any atom is -0.283 e. The molecule has 0 amide bonds. The lowest BCUT2D eigenvalue weighted by molar-refractivity contribution is 0.585. The fourth-order valence-corrected chi connectivity index (χ4v) is 6.53. The normalized spacial score (nSPS) is 14.5. The van der Waals surface area contributed by atoms with Crippen LogP contribution in [0.2, 0.25) is 0 Å². The van der Waals surface area contributed by atoms with E-state index in [1.165, 1.54) is 4.31 Å². The van der Waals surface area contributed by atoms with Gasteiger partial charge in [0.15, 0.2) is 0 Å². The van der Waals surface area contributed by atoms with Crippen LogP contribution in [0.5, 0.6) is 0 Å². The third kappa shape index (κ3) is 5.11. The van der Waals surface area contributed by atoms with Crippen LogP contribution in [0.25, 0.3) is 0 Å². The molecule has 0 unspecified atom stereocenters. The molecule has 0 fully saturated rings. The van der Waals surface area contributed by atoms with Crippen molar-refractivity contribution in [2.75, 3.05) is 21.3 Å². The van der Waals surface area contributed by atoms with Gasteiger partial charge in [-0.05, 0) is 61.9 Å². The number of nitrogens with one attached hydrogen (secondary N) is 1. The highest BCUT2D eigenvalue weighted by molar-refractivity contribution is 7.92. The van der Waals surface area contributed by atoms with Crippen LogP contribution in [0.1, 0.15) is 42.0 Å². The second kappa shape index (κ2) is 8.36. The quantitative estimate of drug-likeness (QED) is 0.717. The minimum absolute atomic E-state index is 0.0784. The second-order valence-corrected chi connectivity index (χ2v) is 11.4. The molecule has 1 aliphatic rings. The maximum absolute atomic E-state index is 12.7. The third-order valence-corrected chi connectivity index (χ3v) is 8.30. The molecular weight excluding hydrogens is 408 g/mol. The van der Waals surface area contributed by atoms with Gasteiger partial charge in [0.25, 0.3) is 0 Å². The molecule has 1 aliphatic heterocycles. The maximum Gasteiger partial charge on any atom is 0.236 e. The van der Waals surface area contributed by atoms with Gasteiger partial charge < -0.3 is 0 Å². The highest BCUT2D eigenvalue weighted by Gasteiger charge is 2.27. The van der Waals surface area contributed by atoms with Gasteiger partial charge >= 0.3 is 0 Å². The predicted molar refractivity (Wildman–Crippen MR) is 118 cm³/mol. The van der Waals surface area contributed by atoms with E-state index in [0.717, 1.165) is 35.1 Å². The summed E-state index contributed by atoms with van der Waals surface area (Å²) < 4.78 is 54.8. The van der Waals surface area contributed by atoms with E-state index in [9.17, 15) is 16.8 Å². The van der Waals surface area contributed by atoms with Crippen molar-refractivity contribution in [3.05, 3.63) is 58.7 Å². The largest absolute Gasteiger partial charge is 0.283 e. The van der Waals surface area contributed by atoms with Gasteiger partial charge in [-0.15, -0.1) is 0 Å². The standard InChI is InChI=1S/C21H28N2O4S2/c1-4-12-29(26,27)23-11-5-6-18-9-10-20(14-21(18)23)22-28(24,25)15-19-13-16(2)7-8-17(19)3/h7-10,13-14,22H,4-6,11-12,15H2,1-3H3. The average molecular weight is 437 g/mol. The van der Waals surface area contributed by atoms with Crippen LogP contribution >= 0.6 is 0 Å². The monoisotopic (exact) mass is 436 g/mol. The van der Waals surface area contributed by atoms with Crippen molar-refractivity contribution in [3.8, 4) is 0 Å². The van der Waals surface area contributed by atoms with E-state index in [2.05, 4.69) is 4.72 Å². The van der Waals surface area contributed by atoms with Crippen molar-refractivity contribution in [1.29, 1.82) is 0 Å². The van der Waals surface area contributed by atoms with Gasteiger partial charge in [-0.2, -0.15) is 0 Å². The van der Waals surface area contributed by atoms with Gasteiger partial charge in [0.2, 0.25) is 20.0 Å². The summed E-state index contributed by atoms with van der Waals surface area (Å²) in [4.78, 5) is 0. The van der Waals surface area contributed by atoms with E-state index in [0.29, 0.717) is 24.3 Å². The Morgan fingerprint density at radius 3 is 2.52 bits per heavy atom. The van der Waals surface area contributed by atoms with Gasteiger partial charge in [0.05, 0.1) is 22.9 Å². The molecule has 0 spiro atoms. The van der Waals surface area contributed by atoms with E-state index in [1.807, 2.05) is 45.0 Å². The number of rotatable bonds is 7. The first-order valence-corrected chi connectivity index (χ1v) is 13.1. The smallest absolute Gasteiger partial charge is 0.236 e. The summed E-state index contributed by atoms with van der Waals surface area (Å²) in [7, 11) is -7.04. The van der Waals surface area contributed by atoms with Crippen molar-refractivity contribution in [1.82, 2.24) is 0 Å². The molecular formula is C21H28N2O4S2. The molecule has 2 aromatic rings. The summed E-state index contributed by atoms with van der Waals surface area (Å²) in [6, 6.07) is 10.9. The Hall–Kier alpha value is -2.06. The molecule has 0 saturated heterocycles. The van der Waals surface area contributed by atoms with Crippen LogP contribution in [0.15, 0.2) is 36.4 Å². The topological polar surface area (TPSA) is 83.6 Å². The third-order valence-electron chi connectivity index (χ3n) is 5.08. The van der Waals surface area contributed by atoms with Crippen LogP contribution in [-0.4, -0.2) is 29.1 Å². The molecule has 0 bridgehead atoms. The van der Waals surface area contributed by atoms with Crippen LogP contribution in [-0.2, 0) is 32.2 Å². The lowest BCUT2D eigenvalue weighted by Gasteiger charge is -2.31. The van der Waals surface area contributed by atoms with Crippen molar-refractivity contribution in [3.63, 3.8) is 0 Å². The summed E-state index contributed by atoms with van der Waals surface area (Å²) in [5, 5.41) is 0. The molecule has 1 N–H and O–H groups in total. The molecule has 3 rings (SSSR count). The fourth-order valence-electron chi connectivity index (χ4n) is 3.64. The summed E-state index contributed by atoms with van der Waals surface area (Å²) in [5.41, 5.74) is 4.56. The van der Waals surface area contributed by atoms with Gasteiger partial charge in [0.1, 0.15) is 0 Å². The zero-order chi connectivity index (χ0) is 21.2. The molecule has 2 aromatic carbocycles. The molecule has 0 saturated carbocycles. The van der Waals surface area contributed by atoms with E-state index < -0.39 is 20.0 Å². The Morgan fingerprint density at radius 2 is 1.79 bits per heavy atom. The minimum atomic E-state index is -3.63. The summed E-state index contributed by atoms with van der Waals surface area (Å²) in [5.74, 6) is -0.0511. The number of aryl methyl sites for hydroxylation is 3. The van der Waals surface area contributed by atoms with E-state index in [1.54, 1.807) is 12.1 Å². The molecule has 0 aromatic heterocycles. The zero-order valence-corrected chi connectivity index (χ0v) is 18.7. The van der Waals surface area contributed by atoms with Crippen LogP contribution in [0.4, 0.5) is 11.4 Å². The van der Waals surface area contributed by atoms with Gasteiger partial charge in [0, 0.05) is 6.54 Å². The van der Waals surface area contributed by atoms with Crippen molar-refractivity contribution >= 4 is 31.4 Å². The molecule has 6 nitrogen and oxygen atoms in total. The first-order chi connectivity index (χ1) is 13.6. The zero-order valence-electron chi connectivity index (χ0n) is 17.1. The van der Waals surface area contributed by atoms with Crippen molar-refractivity contribution < 1.29 is 16.8 Å². The number of nitrogens with zero attached hydrogens (tertiary/aromatic N) is 1. The number of hydrogen-bond donors (Lipinski definition) is 1. The highest BCUT2D eigenvalue weighted by Crippen LogP contribution is 2.33. The molecule has 29 heavy (non-hydrogen) atoms. The highest BCUT2D eigenvalue weighted by atomic mass is 32.2. The van der Waals surface area contributed by atoms with Crippen LogP contribution < -0.4 is 9.03 Å². The Labute approximate surface area is 174 Å². The molecule has 0 aliphatic carbocycles. The first-order valence-electron chi connectivity index (χ1n) is 9.81. The Kier molecular flexibility index (Phi) is 6.24. The van der Waals surface area contributed by atoms with Crippen LogP contribution in [0, 0.1) is 13.8 Å². The second-order valence-electron chi connectivity index (χ2n) is 7.63. The Bertz CT molecular complexity index is 1110. The van der Waals surface area contributed by atoms with Crippen molar-refractivity contribution in [2.24, 2.45) is 0 Å². The van der Waals surface area contributed by atoms with Gasteiger partial charge in [-0.3, -0.25) is 9.03 Å². The lowest BCUT2D eigenvalue weighted by Crippen LogP contribution is -2.37. The first kappa shape index (κ1) is 21.6. The number of sulfonamides is 2. The predicted octanol–water partition coefficient (Wildman–Crippen LogP) is 3.74. The number of hydrogen-bond acceptors (Lipinski definition) is 4. The SMILES string of the molecule is CCCS(=O)(=O)N1CCCc2ccc(NS(=O)(=O)Cc3cc(C)ccc3C)cc21. The summed E-state index contributed by atoms with van der Waals surface area (Å²) >= 11 is 0. The van der Waals surface area contributed by atoms with Gasteiger partial charge in [-0.25, -0.2) is 16.8 Å². The van der Waals surface area contributed by atoms with Gasteiger partial charge in [-0.1, -0.05) is 36.8 Å². The fraction of sp³-hybridized carbons (Fsp3) is 0.429. The maximum atomic E-state index is 12.7. The molecule has 1 heterocycles. The van der Waals surface area contributed by atoms with Crippen LogP contribution in [0.3, 0.4) is 0 Å². The lowest BCUT2D eigenvalue weighted by atomic mass is 10.0. The van der Waals surface area contributed by atoms with E-state index >= 15 is 0 Å².